The number of piperidine rings is 1. The summed E-state index contributed by atoms with van der Waals surface area (Å²) in [5, 5.41) is 9.62. The van der Waals surface area contributed by atoms with Gasteiger partial charge >= 0.3 is 5.88 Å². The number of rotatable bonds is 4. The van der Waals surface area contributed by atoms with E-state index in [2.05, 4.69) is 15.6 Å². The zero-order valence-electron chi connectivity index (χ0n) is 16.2. The van der Waals surface area contributed by atoms with Crippen molar-refractivity contribution in [3.63, 3.8) is 0 Å². The molecule has 1 aliphatic rings. The fourth-order valence-corrected chi connectivity index (χ4v) is 4.60. The summed E-state index contributed by atoms with van der Waals surface area (Å²) in [6.45, 7) is 1.84. The molecule has 0 unspecified atom stereocenters. The number of benzene rings is 1. The van der Waals surface area contributed by atoms with Crippen LogP contribution < -0.4 is 20.9 Å². The number of carbonyl (C=O) groups is 1. The fraction of sp³-hybridized carbons (Fsp3) is 0.238. The number of nitrogens with one attached hydrogen (secondary N) is 1. The lowest BCUT2D eigenvalue weighted by Crippen LogP contribution is -2.60. The van der Waals surface area contributed by atoms with Crippen LogP contribution in [-0.2, 0) is 0 Å². The molecule has 0 bridgehead atoms. The Kier molecular flexibility index (Phi) is 4.80. The molecule has 5 rings (SSSR count). The van der Waals surface area contributed by atoms with Crippen molar-refractivity contribution in [2.75, 3.05) is 29.1 Å². The van der Waals surface area contributed by atoms with Crippen LogP contribution in [-0.4, -0.2) is 29.3 Å². The Labute approximate surface area is 176 Å². The minimum absolute atomic E-state index is 0.278. The summed E-state index contributed by atoms with van der Waals surface area (Å²) in [4.78, 5) is 20.3. The summed E-state index contributed by atoms with van der Waals surface area (Å²) >= 11 is 1.27. The number of nitrogens with two attached hydrogens (primary N) is 1. The highest BCUT2D eigenvalue weighted by Gasteiger charge is 2.25. The van der Waals surface area contributed by atoms with Gasteiger partial charge in [0.25, 0.3) is 12.1 Å². The number of nitrogen functional groups attached to an aromatic ring is 1. The Morgan fingerprint density at radius 2 is 1.93 bits per heavy atom. The summed E-state index contributed by atoms with van der Waals surface area (Å²) in [5.41, 5.74) is 8.53. The number of fused-ring (bicyclic) bond motifs is 1. The topological polar surface area (TPSA) is 101 Å². The van der Waals surface area contributed by atoms with E-state index in [9.17, 15) is 4.79 Å². The zero-order valence-corrected chi connectivity index (χ0v) is 17.1. The van der Waals surface area contributed by atoms with E-state index in [-0.39, 0.29) is 11.8 Å². The van der Waals surface area contributed by atoms with Gasteiger partial charge in [0.15, 0.2) is 0 Å². The van der Waals surface area contributed by atoms with Crippen molar-refractivity contribution in [1.29, 1.82) is 0 Å². The Bertz CT molecular complexity index is 1200. The highest BCUT2D eigenvalue weighted by molar-refractivity contribution is 7.21. The average molecular weight is 422 g/mol. The minimum Gasteiger partial charge on any atom is -0.397 e. The monoisotopic (exact) mass is 421 g/mol. The lowest BCUT2D eigenvalue weighted by atomic mass is 10.1. The molecule has 0 atom stereocenters. The third-order valence-corrected chi connectivity index (χ3v) is 6.30. The van der Waals surface area contributed by atoms with Gasteiger partial charge < -0.3 is 5.73 Å². The van der Waals surface area contributed by atoms with E-state index in [0.29, 0.717) is 10.6 Å². The molecule has 3 aromatic heterocycles. The molecule has 30 heavy (non-hydrogen) atoms. The number of hydrogen-bond donors (Lipinski definition) is 2. The third kappa shape index (κ3) is 3.48. The third-order valence-electron chi connectivity index (χ3n) is 5.18. The van der Waals surface area contributed by atoms with Crippen molar-refractivity contribution in [3.05, 3.63) is 53.5 Å². The second-order valence-corrected chi connectivity index (χ2v) is 8.21. The molecule has 1 fully saturated rings. The minimum atomic E-state index is -0.335. The number of aromatic nitrogens is 3. The van der Waals surface area contributed by atoms with Crippen molar-refractivity contribution in [3.8, 4) is 11.3 Å². The van der Waals surface area contributed by atoms with Crippen molar-refractivity contribution in [1.82, 2.24) is 10.3 Å². The number of amides is 1. The van der Waals surface area contributed by atoms with Crippen LogP contribution >= 0.6 is 11.3 Å². The van der Waals surface area contributed by atoms with Crippen molar-refractivity contribution in [2.45, 2.75) is 19.3 Å². The van der Waals surface area contributed by atoms with E-state index in [0.717, 1.165) is 47.4 Å². The highest BCUT2D eigenvalue weighted by Crippen LogP contribution is 2.34. The van der Waals surface area contributed by atoms with Crippen LogP contribution in [0.2, 0.25) is 0 Å². The van der Waals surface area contributed by atoms with Crippen LogP contribution in [0, 0.1) is 0 Å². The second-order valence-electron chi connectivity index (χ2n) is 7.22. The normalized spacial score (nSPS) is 14.2. The van der Waals surface area contributed by atoms with E-state index in [1.165, 1.54) is 17.8 Å². The number of hydrogen-bond acceptors (Lipinski definition) is 7. The van der Waals surface area contributed by atoms with Gasteiger partial charge in [-0.15, -0.1) is 11.3 Å². The summed E-state index contributed by atoms with van der Waals surface area (Å²) in [6.07, 6.45) is 5.15. The van der Waals surface area contributed by atoms with Crippen molar-refractivity contribution in [2.24, 2.45) is 0 Å². The lowest BCUT2D eigenvalue weighted by Gasteiger charge is -2.17. The second kappa shape index (κ2) is 7.75. The van der Waals surface area contributed by atoms with Crippen LogP contribution in [0.15, 0.2) is 53.2 Å². The number of pyridine rings is 1. The number of carbonyl (C=O) groups excluding carboxylic acids is 1. The van der Waals surface area contributed by atoms with Crippen LogP contribution in [0.1, 0.15) is 28.9 Å². The Balaban J connectivity index is 1.38. The molecule has 1 amide bonds. The van der Waals surface area contributed by atoms with Crippen LogP contribution in [0.3, 0.4) is 0 Å². The van der Waals surface area contributed by atoms with E-state index >= 15 is 0 Å². The van der Waals surface area contributed by atoms with E-state index in [4.69, 9.17) is 15.2 Å². The largest absolute Gasteiger partial charge is 0.397 e. The van der Waals surface area contributed by atoms with E-state index in [1.807, 2.05) is 42.5 Å². The maximum Gasteiger partial charge on any atom is 0.306 e. The predicted molar refractivity (Wildman–Crippen MR) is 116 cm³/mol. The molecule has 4 aromatic rings. The van der Waals surface area contributed by atoms with Gasteiger partial charge in [-0.3, -0.25) is 14.6 Å². The quantitative estimate of drug-likeness (QED) is 0.491. The average Bonchev–Trinajstić information content (AvgIpc) is 3.39. The highest BCUT2D eigenvalue weighted by atomic mass is 32.1. The molecule has 9 heteroatoms. The molecule has 0 spiro atoms. The summed E-state index contributed by atoms with van der Waals surface area (Å²) in [5.74, 6) is -0.0564. The fourth-order valence-electron chi connectivity index (χ4n) is 3.61. The van der Waals surface area contributed by atoms with Gasteiger partial charge in [0.2, 0.25) is 5.27 Å². The molecule has 152 valence electrons. The first-order chi connectivity index (χ1) is 14.7. The van der Waals surface area contributed by atoms with Crippen LogP contribution in [0.25, 0.3) is 21.5 Å². The first kappa shape index (κ1) is 18.6. The molecular weight excluding hydrogens is 400 g/mol. The number of anilines is 2. The maximum atomic E-state index is 12.8. The molecular formula is C21H21N6O2S+. The molecule has 8 nitrogen and oxygen atoms in total. The smallest absolute Gasteiger partial charge is 0.306 e. The van der Waals surface area contributed by atoms with Gasteiger partial charge in [-0.05, 0) is 31.4 Å². The first-order valence-corrected chi connectivity index (χ1v) is 10.7. The molecule has 4 heterocycles. The van der Waals surface area contributed by atoms with Crippen LogP contribution in [0.4, 0.5) is 11.6 Å². The van der Waals surface area contributed by atoms with Gasteiger partial charge in [0.05, 0.1) is 29.3 Å². The van der Waals surface area contributed by atoms with Gasteiger partial charge in [0.1, 0.15) is 9.71 Å². The first-order valence-electron chi connectivity index (χ1n) is 9.89. The van der Waals surface area contributed by atoms with Crippen molar-refractivity contribution >= 4 is 39.0 Å². The molecule has 1 aromatic carbocycles. The molecule has 0 aliphatic carbocycles. The van der Waals surface area contributed by atoms with Gasteiger partial charge in [-0.25, -0.2) is 4.98 Å². The van der Waals surface area contributed by atoms with E-state index in [1.54, 1.807) is 11.0 Å². The predicted octanol–water partition coefficient (Wildman–Crippen LogP) is 3.20. The Morgan fingerprint density at radius 3 is 2.73 bits per heavy atom. The maximum absolute atomic E-state index is 12.8. The van der Waals surface area contributed by atoms with Gasteiger partial charge in [-0.2, -0.15) is 5.01 Å². The van der Waals surface area contributed by atoms with Gasteiger partial charge in [0, 0.05) is 10.9 Å². The SMILES string of the molecule is Nc1c(C(=O)Nc2c[n+](N3CCCCC3)no2)sc2nc(-c3ccccc3)ccc12. The number of nitrogens with zero attached hydrogens (tertiary/aromatic N) is 4. The summed E-state index contributed by atoms with van der Waals surface area (Å²) in [6, 6.07) is 13.7. The lowest BCUT2D eigenvalue weighted by molar-refractivity contribution is -0.759. The standard InChI is InChI=1S/C21H20N6O2S/c22-18-15-9-10-16(14-7-3-1-4-8-14)23-21(15)30-19(18)20(28)24-17-13-27(25-29-17)26-11-5-2-6-12-26/h1,3-4,7-10,13H,2,5-6,11-12H2,(H2-,22,24,25,28)/p+1. The number of thiophene rings is 1. The zero-order chi connectivity index (χ0) is 20.5. The Morgan fingerprint density at radius 1 is 1.13 bits per heavy atom. The van der Waals surface area contributed by atoms with Crippen LogP contribution in [0.5, 0.6) is 0 Å². The van der Waals surface area contributed by atoms with Crippen molar-refractivity contribution < 1.29 is 14.1 Å². The summed E-state index contributed by atoms with van der Waals surface area (Å²) < 4.78 is 5.29. The van der Waals surface area contributed by atoms with Gasteiger partial charge in [-0.1, -0.05) is 30.3 Å². The Hall–Kier alpha value is -3.46. The molecule has 0 radical (unpaired) electrons. The molecule has 1 saturated heterocycles. The molecule has 3 N–H and O–H groups in total. The van der Waals surface area contributed by atoms with E-state index < -0.39 is 0 Å². The molecule has 1 aliphatic heterocycles. The summed E-state index contributed by atoms with van der Waals surface area (Å²) in [7, 11) is 0. The molecule has 0 saturated carbocycles.